The number of benzene rings is 2. The topological polar surface area (TPSA) is 80.4 Å². The summed E-state index contributed by atoms with van der Waals surface area (Å²) in [5.41, 5.74) is 6.01. The summed E-state index contributed by atoms with van der Waals surface area (Å²) in [6, 6.07) is 18.0. The molecule has 2 atom stereocenters. The second-order valence-corrected chi connectivity index (χ2v) is 10.4. The molecule has 2 aromatic heterocycles. The third-order valence-electron chi connectivity index (χ3n) is 7.66. The zero-order valence-electron chi connectivity index (χ0n) is 20.5. The predicted octanol–water partition coefficient (Wildman–Crippen LogP) is 5.29. The largest absolute Gasteiger partial charge is 0.388 e. The number of para-hydroxylation sites is 1. The number of aliphatic hydroxyl groups is 1. The molecule has 2 aliphatic rings. The number of fused-ring (bicyclic) bond motifs is 2. The van der Waals surface area contributed by atoms with Crippen molar-refractivity contribution in [3.05, 3.63) is 94.9 Å². The van der Waals surface area contributed by atoms with Crippen LogP contribution in [0.4, 0.5) is 0 Å². The highest BCUT2D eigenvalue weighted by Crippen LogP contribution is 2.37. The highest BCUT2D eigenvalue weighted by molar-refractivity contribution is 6.16. The van der Waals surface area contributed by atoms with E-state index in [1.807, 2.05) is 72.4 Å². The molecule has 1 aliphatic carbocycles. The third-order valence-corrected chi connectivity index (χ3v) is 7.66. The highest BCUT2D eigenvalue weighted by atomic mass is 16.3. The molecular weight excluding hydrogens is 448 g/mol. The molecule has 0 amide bonds. The average molecular weight is 479 g/mol. The smallest absolute Gasteiger partial charge is 0.163 e. The van der Waals surface area contributed by atoms with Gasteiger partial charge in [-0.25, -0.2) is 0 Å². The van der Waals surface area contributed by atoms with Crippen molar-refractivity contribution in [3.8, 4) is 0 Å². The van der Waals surface area contributed by atoms with Crippen molar-refractivity contribution in [2.45, 2.75) is 57.7 Å². The van der Waals surface area contributed by atoms with E-state index in [1.165, 1.54) is 0 Å². The van der Waals surface area contributed by atoms with Gasteiger partial charge in [-0.2, -0.15) is 5.10 Å². The van der Waals surface area contributed by atoms with Crippen LogP contribution in [0, 0.1) is 12.8 Å². The Bertz CT molecular complexity index is 1490. The third kappa shape index (κ3) is 4.37. The van der Waals surface area contributed by atoms with Gasteiger partial charge in [0.1, 0.15) is 0 Å². The van der Waals surface area contributed by atoms with E-state index in [1.54, 1.807) is 6.20 Å². The molecule has 6 rings (SSSR count). The Morgan fingerprint density at radius 2 is 2.06 bits per heavy atom. The maximum Gasteiger partial charge on any atom is 0.163 e. The van der Waals surface area contributed by atoms with Crippen LogP contribution in [0.15, 0.2) is 72.0 Å². The van der Waals surface area contributed by atoms with E-state index in [4.69, 9.17) is 4.99 Å². The standard InChI is InChI=1S/C30H30N4O2/c1-20-13-23(10-12-31-20)29-26-15-22(8-9-24(26)17-32-29)28(35)14-21-5-4-11-30(36,16-21)19-34-27-7-3-2-6-25(27)18-33-34/h2-3,6-10,12-13,15,18,21,36H,4-5,11,14,16-17,19H2,1H3/t21-,30-/m0/s1. The summed E-state index contributed by atoms with van der Waals surface area (Å²) in [5, 5.41) is 17.1. The molecule has 6 nitrogen and oxygen atoms in total. The minimum Gasteiger partial charge on any atom is -0.388 e. The summed E-state index contributed by atoms with van der Waals surface area (Å²) in [5.74, 6) is 0.288. The van der Waals surface area contributed by atoms with Crippen LogP contribution >= 0.6 is 0 Å². The van der Waals surface area contributed by atoms with Crippen LogP contribution < -0.4 is 0 Å². The number of rotatable bonds is 6. The summed E-state index contributed by atoms with van der Waals surface area (Å²) in [6.07, 6.45) is 7.31. The molecule has 0 unspecified atom stereocenters. The number of aromatic nitrogens is 3. The molecular formula is C30H30N4O2. The summed E-state index contributed by atoms with van der Waals surface area (Å²) >= 11 is 0. The van der Waals surface area contributed by atoms with Gasteiger partial charge >= 0.3 is 0 Å². The average Bonchev–Trinajstić information content (AvgIpc) is 3.48. The lowest BCUT2D eigenvalue weighted by Gasteiger charge is -2.36. The van der Waals surface area contributed by atoms with Gasteiger partial charge in [0.05, 0.1) is 36.1 Å². The Labute approximate surface area is 210 Å². The van der Waals surface area contributed by atoms with E-state index in [0.29, 0.717) is 25.9 Å². The van der Waals surface area contributed by atoms with Crippen molar-refractivity contribution in [2.24, 2.45) is 10.9 Å². The number of carbonyl (C=O) groups excluding carboxylic acids is 1. The highest BCUT2D eigenvalue weighted by Gasteiger charge is 2.36. The summed E-state index contributed by atoms with van der Waals surface area (Å²) in [7, 11) is 0. The lowest BCUT2D eigenvalue weighted by atomic mass is 9.75. The lowest BCUT2D eigenvalue weighted by Crippen LogP contribution is -2.40. The molecule has 36 heavy (non-hydrogen) atoms. The molecule has 2 aromatic carbocycles. The number of pyridine rings is 1. The van der Waals surface area contributed by atoms with Gasteiger partial charge in [-0.1, -0.05) is 36.8 Å². The maximum atomic E-state index is 13.4. The minimum atomic E-state index is -0.852. The van der Waals surface area contributed by atoms with Gasteiger partial charge in [-0.15, -0.1) is 0 Å². The normalized spacial score (nSPS) is 21.4. The second-order valence-electron chi connectivity index (χ2n) is 10.4. The fourth-order valence-electron chi connectivity index (χ4n) is 5.89. The number of aliphatic imine (C=N–C) groups is 1. The molecule has 1 fully saturated rings. The first-order valence-electron chi connectivity index (χ1n) is 12.7. The van der Waals surface area contributed by atoms with Gasteiger partial charge in [-0.3, -0.25) is 19.5 Å². The van der Waals surface area contributed by atoms with Crippen molar-refractivity contribution in [2.75, 3.05) is 0 Å². The monoisotopic (exact) mass is 478 g/mol. The van der Waals surface area contributed by atoms with Crippen LogP contribution in [-0.2, 0) is 13.1 Å². The van der Waals surface area contributed by atoms with Crippen LogP contribution in [0.3, 0.4) is 0 Å². The maximum absolute atomic E-state index is 13.4. The van der Waals surface area contributed by atoms with Crippen molar-refractivity contribution in [3.63, 3.8) is 0 Å². The van der Waals surface area contributed by atoms with E-state index >= 15 is 0 Å². The quantitative estimate of drug-likeness (QED) is 0.382. The Morgan fingerprint density at radius 1 is 1.17 bits per heavy atom. The number of hydrogen-bond donors (Lipinski definition) is 1. The predicted molar refractivity (Wildman–Crippen MR) is 140 cm³/mol. The van der Waals surface area contributed by atoms with Crippen molar-refractivity contribution >= 4 is 22.4 Å². The van der Waals surface area contributed by atoms with Gasteiger partial charge in [0, 0.05) is 40.4 Å². The van der Waals surface area contributed by atoms with Gasteiger partial charge in [0.2, 0.25) is 0 Å². The van der Waals surface area contributed by atoms with Crippen molar-refractivity contribution < 1.29 is 9.90 Å². The van der Waals surface area contributed by atoms with E-state index in [9.17, 15) is 9.90 Å². The number of Topliss-reactive ketones (excluding diaryl/α,β-unsaturated/α-hetero) is 1. The molecule has 0 bridgehead atoms. The van der Waals surface area contributed by atoms with Crippen LogP contribution in [-0.4, -0.2) is 37.0 Å². The van der Waals surface area contributed by atoms with E-state index in [2.05, 4.69) is 10.1 Å². The van der Waals surface area contributed by atoms with Crippen LogP contribution in [0.2, 0.25) is 0 Å². The molecule has 1 saturated carbocycles. The summed E-state index contributed by atoms with van der Waals surface area (Å²) in [6.45, 7) is 3.06. The molecule has 0 saturated heterocycles. The molecule has 3 heterocycles. The molecule has 1 aliphatic heterocycles. The van der Waals surface area contributed by atoms with Gasteiger partial charge in [-0.05, 0) is 61.9 Å². The number of aryl methyl sites for hydroxylation is 1. The van der Waals surface area contributed by atoms with Gasteiger partial charge < -0.3 is 5.11 Å². The number of nitrogens with zero attached hydrogens (tertiary/aromatic N) is 4. The minimum absolute atomic E-state index is 0.133. The second kappa shape index (κ2) is 9.10. The zero-order valence-corrected chi connectivity index (χ0v) is 20.5. The zero-order chi connectivity index (χ0) is 24.7. The Morgan fingerprint density at radius 3 is 2.94 bits per heavy atom. The molecule has 0 radical (unpaired) electrons. The Hall–Kier alpha value is -3.64. The van der Waals surface area contributed by atoms with Gasteiger partial charge in [0.25, 0.3) is 0 Å². The fraction of sp³-hybridized carbons (Fsp3) is 0.333. The van der Waals surface area contributed by atoms with Crippen LogP contribution in [0.5, 0.6) is 0 Å². The number of ketones is 1. The van der Waals surface area contributed by atoms with E-state index in [0.717, 1.165) is 63.8 Å². The molecule has 1 N–H and O–H groups in total. The van der Waals surface area contributed by atoms with Crippen LogP contribution in [0.25, 0.3) is 10.9 Å². The first kappa shape index (κ1) is 22.8. The summed E-state index contributed by atoms with van der Waals surface area (Å²) in [4.78, 5) is 22.4. The van der Waals surface area contributed by atoms with E-state index in [-0.39, 0.29) is 11.7 Å². The van der Waals surface area contributed by atoms with Crippen LogP contribution in [0.1, 0.15) is 64.8 Å². The fourth-order valence-corrected chi connectivity index (χ4v) is 5.89. The molecule has 6 heteroatoms. The molecule has 0 spiro atoms. The van der Waals surface area contributed by atoms with Crippen molar-refractivity contribution in [1.82, 2.24) is 14.8 Å². The SMILES string of the molecule is Cc1cc(C2=NCc3ccc(C(=O)C[C@@H]4CCC[C@@](O)(Cn5ncc6ccccc65)C4)cc32)ccn1. The Balaban J connectivity index is 1.17. The van der Waals surface area contributed by atoms with Crippen molar-refractivity contribution in [1.29, 1.82) is 0 Å². The molecule has 182 valence electrons. The molecule has 4 aromatic rings. The Kier molecular flexibility index (Phi) is 5.76. The van der Waals surface area contributed by atoms with E-state index < -0.39 is 5.60 Å². The summed E-state index contributed by atoms with van der Waals surface area (Å²) < 4.78 is 1.90. The number of carbonyl (C=O) groups is 1. The lowest BCUT2D eigenvalue weighted by molar-refractivity contribution is -0.0317. The first-order valence-corrected chi connectivity index (χ1v) is 12.7. The van der Waals surface area contributed by atoms with Gasteiger partial charge in [0.15, 0.2) is 5.78 Å². The number of hydrogen-bond acceptors (Lipinski definition) is 5. The first-order chi connectivity index (χ1) is 17.5.